The highest BCUT2D eigenvalue weighted by Crippen LogP contribution is 2.25. The summed E-state index contributed by atoms with van der Waals surface area (Å²) < 4.78 is 10.6. The number of hydrogen-bond acceptors (Lipinski definition) is 3. The van der Waals surface area contributed by atoms with Crippen molar-refractivity contribution in [1.29, 1.82) is 0 Å². The lowest BCUT2D eigenvalue weighted by Gasteiger charge is -2.03. The van der Waals surface area contributed by atoms with Crippen LogP contribution in [0.15, 0.2) is 41.3 Å². The molecule has 3 aromatic rings. The van der Waals surface area contributed by atoms with Gasteiger partial charge in [-0.1, -0.05) is 13.8 Å². The van der Waals surface area contributed by atoms with Crippen molar-refractivity contribution < 1.29 is 9.15 Å². The van der Waals surface area contributed by atoms with Crippen LogP contribution in [0.5, 0.6) is 5.75 Å². The Morgan fingerprint density at radius 2 is 2.21 bits per heavy atom. The standard InChI is InChI=1S/C15H16N2O2/c1-10(2)14-5-11-3-4-13(6-15(11)17-14)19-8-12-7-18-9-16-12/h3-7,9-10,17H,8H2,1-2H3. The van der Waals surface area contributed by atoms with E-state index in [0.29, 0.717) is 12.5 Å². The van der Waals surface area contributed by atoms with Crippen LogP contribution in [0.4, 0.5) is 0 Å². The minimum absolute atomic E-state index is 0.416. The van der Waals surface area contributed by atoms with Gasteiger partial charge in [0.05, 0.1) is 0 Å². The van der Waals surface area contributed by atoms with Crippen molar-refractivity contribution in [3.63, 3.8) is 0 Å². The van der Waals surface area contributed by atoms with Gasteiger partial charge in [0.1, 0.15) is 24.3 Å². The zero-order valence-electron chi connectivity index (χ0n) is 11.0. The summed E-state index contributed by atoms with van der Waals surface area (Å²) in [5.41, 5.74) is 3.12. The second kappa shape index (κ2) is 4.80. The van der Waals surface area contributed by atoms with Gasteiger partial charge in [-0.05, 0) is 29.5 Å². The lowest BCUT2D eigenvalue weighted by Crippen LogP contribution is -1.95. The van der Waals surface area contributed by atoms with Crippen molar-refractivity contribution in [2.24, 2.45) is 0 Å². The molecule has 0 aliphatic heterocycles. The first-order valence-corrected chi connectivity index (χ1v) is 6.35. The highest BCUT2D eigenvalue weighted by Gasteiger charge is 2.06. The molecule has 0 fully saturated rings. The lowest BCUT2D eigenvalue weighted by molar-refractivity contribution is 0.301. The van der Waals surface area contributed by atoms with Crippen LogP contribution in [0.3, 0.4) is 0 Å². The predicted octanol–water partition coefficient (Wildman–Crippen LogP) is 3.86. The zero-order valence-corrected chi connectivity index (χ0v) is 11.0. The summed E-state index contributed by atoms with van der Waals surface area (Å²) in [5.74, 6) is 1.32. The molecule has 0 aliphatic carbocycles. The molecule has 1 N–H and O–H groups in total. The Hall–Kier alpha value is -2.23. The Balaban J connectivity index is 1.80. The Kier molecular flexibility index (Phi) is 2.99. The minimum atomic E-state index is 0.416. The van der Waals surface area contributed by atoms with Crippen molar-refractivity contribution in [3.8, 4) is 5.75 Å². The van der Waals surface area contributed by atoms with Crippen LogP contribution in [0.1, 0.15) is 31.2 Å². The molecule has 2 aromatic heterocycles. The average molecular weight is 256 g/mol. The molecule has 0 aliphatic rings. The van der Waals surface area contributed by atoms with Gasteiger partial charge in [-0.15, -0.1) is 0 Å². The largest absolute Gasteiger partial charge is 0.487 e. The number of aromatic nitrogens is 2. The fourth-order valence-electron chi connectivity index (χ4n) is 2.00. The molecule has 0 saturated heterocycles. The van der Waals surface area contributed by atoms with E-state index in [2.05, 4.69) is 35.9 Å². The van der Waals surface area contributed by atoms with Crippen molar-refractivity contribution in [2.45, 2.75) is 26.4 Å². The van der Waals surface area contributed by atoms with E-state index >= 15 is 0 Å². The molecule has 2 heterocycles. The second-order valence-electron chi connectivity index (χ2n) is 4.90. The summed E-state index contributed by atoms with van der Waals surface area (Å²) >= 11 is 0. The first-order chi connectivity index (χ1) is 9.22. The second-order valence-corrected chi connectivity index (χ2v) is 4.90. The first-order valence-electron chi connectivity index (χ1n) is 6.35. The number of fused-ring (bicyclic) bond motifs is 1. The molecule has 0 bridgehead atoms. The topological polar surface area (TPSA) is 51.1 Å². The number of ether oxygens (including phenoxy) is 1. The van der Waals surface area contributed by atoms with Gasteiger partial charge in [0, 0.05) is 17.3 Å². The summed E-state index contributed by atoms with van der Waals surface area (Å²) in [6, 6.07) is 8.24. The van der Waals surface area contributed by atoms with Crippen molar-refractivity contribution in [3.05, 3.63) is 48.3 Å². The predicted molar refractivity (Wildman–Crippen MR) is 73.2 cm³/mol. The Bertz CT molecular complexity index is 669. The van der Waals surface area contributed by atoms with Gasteiger partial charge in [0.2, 0.25) is 0 Å². The number of nitrogens with one attached hydrogen (secondary N) is 1. The van der Waals surface area contributed by atoms with Crippen LogP contribution in [0.2, 0.25) is 0 Å². The Morgan fingerprint density at radius 1 is 1.32 bits per heavy atom. The molecule has 1 aromatic carbocycles. The SMILES string of the molecule is CC(C)c1cc2ccc(OCc3cocn3)cc2[nH]1. The van der Waals surface area contributed by atoms with Crippen molar-refractivity contribution >= 4 is 10.9 Å². The van der Waals surface area contributed by atoms with Gasteiger partial charge < -0.3 is 14.1 Å². The molecule has 19 heavy (non-hydrogen) atoms. The van der Waals surface area contributed by atoms with Gasteiger partial charge in [-0.3, -0.25) is 0 Å². The van der Waals surface area contributed by atoms with Gasteiger partial charge in [-0.2, -0.15) is 0 Å². The number of nitrogens with zero attached hydrogens (tertiary/aromatic N) is 1. The zero-order chi connectivity index (χ0) is 13.2. The van der Waals surface area contributed by atoms with E-state index in [9.17, 15) is 0 Å². The molecule has 4 nitrogen and oxygen atoms in total. The van der Waals surface area contributed by atoms with Crippen molar-refractivity contribution in [2.75, 3.05) is 0 Å². The first kappa shape index (κ1) is 11.8. The van der Waals surface area contributed by atoms with Crippen LogP contribution >= 0.6 is 0 Å². The highest BCUT2D eigenvalue weighted by atomic mass is 16.5. The Labute approximate surface area is 111 Å². The van der Waals surface area contributed by atoms with E-state index in [1.165, 1.54) is 17.5 Å². The lowest BCUT2D eigenvalue weighted by atomic mass is 10.1. The van der Waals surface area contributed by atoms with E-state index < -0.39 is 0 Å². The van der Waals surface area contributed by atoms with E-state index in [1.54, 1.807) is 6.26 Å². The number of oxazole rings is 1. The quantitative estimate of drug-likeness (QED) is 0.771. The highest BCUT2D eigenvalue weighted by molar-refractivity contribution is 5.82. The average Bonchev–Trinajstić information content (AvgIpc) is 3.04. The molecule has 98 valence electrons. The summed E-state index contributed by atoms with van der Waals surface area (Å²) in [6.45, 7) is 4.76. The molecule has 4 heteroatoms. The maximum absolute atomic E-state index is 5.69. The third-order valence-electron chi connectivity index (χ3n) is 3.11. The molecule has 0 radical (unpaired) electrons. The van der Waals surface area contributed by atoms with Crippen LogP contribution in [0, 0.1) is 0 Å². The van der Waals surface area contributed by atoms with Crippen LogP contribution in [-0.4, -0.2) is 9.97 Å². The normalized spacial score (nSPS) is 11.3. The van der Waals surface area contributed by atoms with Gasteiger partial charge in [-0.25, -0.2) is 4.98 Å². The maximum atomic E-state index is 5.69. The van der Waals surface area contributed by atoms with E-state index in [-0.39, 0.29) is 0 Å². The number of hydrogen-bond donors (Lipinski definition) is 1. The molecule has 0 atom stereocenters. The molecule has 0 saturated carbocycles. The van der Waals surface area contributed by atoms with Gasteiger partial charge in [0.15, 0.2) is 6.39 Å². The summed E-state index contributed by atoms with van der Waals surface area (Å²) in [6.07, 6.45) is 2.99. The fourth-order valence-corrected chi connectivity index (χ4v) is 2.00. The number of H-pyrrole nitrogens is 1. The third kappa shape index (κ3) is 2.47. The Morgan fingerprint density at radius 3 is 2.95 bits per heavy atom. The number of benzene rings is 1. The monoisotopic (exact) mass is 256 g/mol. The van der Waals surface area contributed by atoms with Gasteiger partial charge in [0.25, 0.3) is 0 Å². The minimum Gasteiger partial charge on any atom is -0.487 e. The molecular weight excluding hydrogens is 240 g/mol. The van der Waals surface area contributed by atoms with Crippen LogP contribution < -0.4 is 4.74 Å². The van der Waals surface area contributed by atoms with E-state index in [4.69, 9.17) is 9.15 Å². The molecule has 3 rings (SSSR count). The third-order valence-corrected chi connectivity index (χ3v) is 3.11. The molecule has 0 amide bonds. The molecular formula is C15H16N2O2. The van der Waals surface area contributed by atoms with Crippen LogP contribution in [-0.2, 0) is 6.61 Å². The van der Waals surface area contributed by atoms with Crippen molar-refractivity contribution in [1.82, 2.24) is 9.97 Å². The van der Waals surface area contributed by atoms with Gasteiger partial charge >= 0.3 is 0 Å². The summed E-state index contributed by atoms with van der Waals surface area (Å²) in [4.78, 5) is 7.44. The maximum Gasteiger partial charge on any atom is 0.180 e. The van der Waals surface area contributed by atoms with E-state index in [0.717, 1.165) is 17.0 Å². The van der Waals surface area contributed by atoms with E-state index in [1.807, 2.05) is 12.1 Å². The summed E-state index contributed by atoms with van der Waals surface area (Å²) in [7, 11) is 0. The molecule has 0 spiro atoms. The number of aromatic amines is 1. The fraction of sp³-hybridized carbons (Fsp3) is 0.267. The molecule has 0 unspecified atom stereocenters. The van der Waals surface area contributed by atoms with Crippen LogP contribution in [0.25, 0.3) is 10.9 Å². The number of rotatable bonds is 4. The smallest absolute Gasteiger partial charge is 0.180 e. The summed E-state index contributed by atoms with van der Waals surface area (Å²) in [5, 5.41) is 1.21.